The van der Waals surface area contributed by atoms with Gasteiger partial charge in [-0.1, -0.05) is 0 Å². The third-order valence-corrected chi connectivity index (χ3v) is 5.00. The molecule has 0 spiro atoms. The molecular formula is C13H17FN2O5S. The summed E-state index contributed by atoms with van der Waals surface area (Å²) < 4.78 is 46.5. The summed E-state index contributed by atoms with van der Waals surface area (Å²) in [6, 6.07) is 2.83. The molecule has 1 aliphatic rings. The molecule has 7 nitrogen and oxygen atoms in total. The van der Waals surface area contributed by atoms with E-state index in [4.69, 9.17) is 9.84 Å². The fraction of sp³-hybridized carbons (Fsp3) is 0.462. The topological polar surface area (TPSA) is 95.9 Å². The second kappa shape index (κ2) is 6.59. The van der Waals surface area contributed by atoms with Crippen molar-refractivity contribution in [1.29, 1.82) is 0 Å². The zero-order valence-corrected chi connectivity index (χ0v) is 12.8. The summed E-state index contributed by atoms with van der Waals surface area (Å²) in [5.41, 5.74) is -0.443. The first-order valence-corrected chi connectivity index (χ1v) is 8.10. The van der Waals surface area contributed by atoms with Gasteiger partial charge in [-0.15, -0.1) is 0 Å². The number of nitrogens with zero attached hydrogens (tertiary/aromatic N) is 1. The van der Waals surface area contributed by atoms with E-state index in [0.29, 0.717) is 12.8 Å². The second-order valence-corrected chi connectivity index (χ2v) is 6.65. The molecule has 2 N–H and O–H groups in total. The first-order chi connectivity index (χ1) is 10.3. The van der Waals surface area contributed by atoms with E-state index >= 15 is 0 Å². The predicted molar refractivity (Wildman–Crippen MR) is 77.5 cm³/mol. The first-order valence-electron chi connectivity index (χ1n) is 6.66. The summed E-state index contributed by atoms with van der Waals surface area (Å²) in [6.45, 7) is 0.573. The Morgan fingerprint density at radius 1 is 1.36 bits per heavy atom. The van der Waals surface area contributed by atoms with Crippen molar-refractivity contribution in [3.63, 3.8) is 0 Å². The summed E-state index contributed by atoms with van der Waals surface area (Å²) in [4.78, 5) is 10.9. The van der Waals surface area contributed by atoms with Crippen molar-refractivity contribution in [2.45, 2.75) is 18.9 Å². The first kappa shape index (κ1) is 16.7. The molecular weight excluding hydrogens is 315 g/mol. The van der Waals surface area contributed by atoms with E-state index in [1.165, 1.54) is 4.31 Å². The van der Waals surface area contributed by atoms with Gasteiger partial charge in [0.1, 0.15) is 5.82 Å². The highest BCUT2D eigenvalue weighted by molar-refractivity contribution is 7.90. The Bertz CT molecular complexity index is 656. The summed E-state index contributed by atoms with van der Waals surface area (Å²) in [6.07, 6.45) is 1.17. The summed E-state index contributed by atoms with van der Waals surface area (Å²) in [5.74, 6) is -2.16. The fourth-order valence-corrected chi connectivity index (χ4v) is 3.53. The number of carboxylic acids is 1. The molecule has 1 fully saturated rings. The molecule has 0 radical (unpaired) electrons. The zero-order chi connectivity index (χ0) is 16.3. The maximum absolute atomic E-state index is 13.4. The van der Waals surface area contributed by atoms with Gasteiger partial charge in [0, 0.05) is 20.2 Å². The molecule has 122 valence electrons. The number of ether oxygens (including phenoxy) is 1. The molecule has 0 amide bonds. The Morgan fingerprint density at radius 2 is 2.00 bits per heavy atom. The van der Waals surface area contributed by atoms with Crippen LogP contribution in [0.3, 0.4) is 0 Å². The Balaban J connectivity index is 2.14. The highest BCUT2D eigenvalue weighted by Crippen LogP contribution is 2.20. The van der Waals surface area contributed by atoms with Crippen LogP contribution in [0.15, 0.2) is 18.2 Å². The Hall–Kier alpha value is -1.71. The molecule has 0 aromatic heterocycles. The monoisotopic (exact) mass is 332 g/mol. The van der Waals surface area contributed by atoms with Crippen LogP contribution in [0.25, 0.3) is 0 Å². The van der Waals surface area contributed by atoms with Gasteiger partial charge < -0.3 is 9.84 Å². The molecule has 1 aromatic rings. The molecule has 0 aliphatic carbocycles. The van der Waals surface area contributed by atoms with Crippen molar-refractivity contribution < 1.29 is 27.4 Å². The number of nitrogens with one attached hydrogen (secondary N) is 1. The average Bonchev–Trinajstić information content (AvgIpc) is 2.46. The standard InChI is InChI=1S/C13H17FN2O5S/c1-21-12-2-4-16(5-3-12)22(19,20)15-11-7-9(13(17)18)6-10(14)8-11/h6-8,12,15H,2-5H2,1H3,(H,17,18). The van der Waals surface area contributed by atoms with E-state index in [1.807, 2.05) is 0 Å². The lowest BCUT2D eigenvalue weighted by atomic mass is 10.1. The van der Waals surface area contributed by atoms with E-state index in [0.717, 1.165) is 18.2 Å². The van der Waals surface area contributed by atoms with Crippen molar-refractivity contribution >= 4 is 21.9 Å². The lowest BCUT2D eigenvalue weighted by Gasteiger charge is -2.30. The van der Waals surface area contributed by atoms with Gasteiger partial charge in [-0.05, 0) is 31.0 Å². The highest BCUT2D eigenvalue weighted by atomic mass is 32.2. The van der Waals surface area contributed by atoms with Gasteiger partial charge in [0.05, 0.1) is 17.4 Å². The minimum absolute atomic E-state index is 0.0271. The normalized spacial score (nSPS) is 17.4. The maximum Gasteiger partial charge on any atom is 0.335 e. The SMILES string of the molecule is COC1CCN(S(=O)(=O)Nc2cc(F)cc(C(=O)O)c2)CC1. The van der Waals surface area contributed by atoms with Gasteiger partial charge in [-0.3, -0.25) is 4.72 Å². The van der Waals surface area contributed by atoms with E-state index in [2.05, 4.69) is 4.72 Å². The smallest absolute Gasteiger partial charge is 0.335 e. The Morgan fingerprint density at radius 3 is 2.55 bits per heavy atom. The van der Waals surface area contributed by atoms with Crippen LogP contribution in [0.2, 0.25) is 0 Å². The highest BCUT2D eigenvalue weighted by Gasteiger charge is 2.28. The summed E-state index contributed by atoms with van der Waals surface area (Å²) in [7, 11) is -2.28. The van der Waals surface area contributed by atoms with E-state index < -0.39 is 22.0 Å². The van der Waals surface area contributed by atoms with Crippen LogP contribution in [-0.4, -0.2) is 50.1 Å². The van der Waals surface area contributed by atoms with Crippen molar-refractivity contribution in [2.75, 3.05) is 24.9 Å². The minimum Gasteiger partial charge on any atom is -0.478 e. The predicted octanol–water partition coefficient (Wildman–Crippen LogP) is 1.29. The van der Waals surface area contributed by atoms with Crippen molar-refractivity contribution in [1.82, 2.24) is 4.31 Å². The Kier molecular flexibility index (Phi) is 4.99. The van der Waals surface area contributed by atoms with Crippen molar-refractivity contribution in [3.8, 4) is 0 Å². The zero-order valence-electron chi connectivity index (χ0n) is 12.0. The molecule has 0 bridgehead atoms. The number of hydrogen-bond acceptors (Lipinski definition) is 4. The number of rotatable bonds is 5. The molecule has 1 aliphatic heterocycles. The molecule has 0 saturated carbocycles. The largest absolute Gasteiger partial charge is 0.478 e. The van der Waals surface area contributed by atoms with E-state index in [9.17, 15) is 17.6 Å². The minimum atomic E-state index is -3.86. The van der Waals surface area contributed by atoms with Gasteiger partial charge >= 0.3 is 16.2 Å². The summed E-state index contributed by atoms with van der Waals surface area (Å²) >= 11 is 0. The van der Waals surface area contributed by atoms with Crippen LogP contribution in [0.4, 0.5) is 10.1 Å². The van der Waals surface area contributed by atoms with Gasteiger partial charge in [0.2, 0.25) is 0 Å². The molecule has 1 aromatic carbocycles. The number of carbonyl (C=O) groups is 1. The second-order valence-electron chi connectivity index (χ2n) is 4.97. The molecule has 9 heteroatoms. The van der Waals surface area contributed by atoms with Gasteiger partial charge in [0.25, 0.3) is 0 Å². The molecule has 1 heterocycles. The molecule has 0 unspecified atom stereocenters. The van der Waals surface area contributed by atoms with Crippen LogP contribution >= 0.6 is 0 Å². The van der Waals surface area contributed by atoms with Gasteiger partial charge in [-0.2, -0.15) is 12.7 Å². The van der Waals surface area contributed by atoms with Gasteiger partial charge in [0.15, 0.2) is 0 Å². The third-order valence-electron chi connectivity index (χ3n) is 3.47. The van der Waals surface area contributed by atoms with Crippen LogP contribution in [0, 0.1) is 5.82 Å². The van der Waals surface area contributed by atoms with Crippen molar-refractivity contribution in [3.05, 3.63) is 29.6 Å². The maximum atomic E-state index is 13.4. The lowest BCUT2D eigenvalue weighted by molar-refractivity contribution is 0.0605. The fourth-order valence-electron chi connectivity index (χ4n) is 2.29. The quantitative estimate of drug-likeness (QED) is 0.847. The number of aromatic carboxylic acids is 1. The summed E-state index contributed by atoms with van der Waals surface area (Å²) in [5, 5.41) is 8.87. The molecule has 2 rings (SSSR count). The number of benzene rings is 1. The number of halogens is 1. The van der Waals surface area contributed by atoms with Crippen LogP contribution in [-0.2, 0) is 14.9 Å². The average molecular weight is 332 g/mol. The molecule has 22 heavy (non-hydrogen) atoms. The van der Waals surface area contributed by atoms with Crippen LogP contribution in [0.5, 0.6) is 0 Å². The molecule has 0 atom stereocenters. The van der Waals surface area contributed by atoms with Crippen molar-refractivity contribution in [2.24, 2.45) is 0 Å². The number of anilines is 1. The Labute approximate surface area is 127 Å². The third kappa shape index (κ3) is 3.93. The molecule has 1 saturated heterocycles. The van der Waals surface area contributed by atoms with Gasteiger partial charge in [-0.25, -0.2) is 9.18 Å². The number of methoxy groups -OCH3 is 1. The van der Waals surface area contributed by atoms with E-state index in [1.54, 1.807) is 7.11 Å². The van der Waals surface area contributed by atoms with Crippen LogP contribution in [0.1, 0.15) is 23.2 Å². The van der Waals surface area contributed by atoms with Crippen LogP contribution < -0.4 is 4.72 Å². The number of hydrogen-bond donors (Lipinski definition) is 2. The number of carboxylic acid groups (broad SMARTS) is 1. The van der Waals surface area contributed by atoms with E-state index in [-0.39, 0.29) is 30.4 Å². The lowest BCUT2D eigenvalue weighted by Crippen LogP contribution is -2.43. The number of piperidine rings is 1.